The van der Waals surface area contributed by atoms with Crippen LogP contribution in [-0.4, -0.2) is 44.1 Å². The zero-order chi connectivity index (χ0) is 17.1. The number of carbonyl (C=O) groups excluding carboxylic acids is 1. The zero-order valence-corrected chi connectivity index (χ0v) is 14.6. The van der Waals surface area contributed by atoms with Crippen molar-refractivity contribution < 1.29 is 9.53 Å². The number of nitrogens with zero attached hydrogens (tertiary/aromatic N) is 2. The number of benzene rings is 2. The van der Waals surface area contributed by atoms with Crippen LogP contribution in [0.25, 0.3) is 0 Å². The maximum Gasteiger partial charge on any atom is 0.253 e. The number of hydrogen-bond donors (Lipinski definition) is 0. The predicted octanol–water partition coefficient (Wildman–Crippen LogP) is 3.27. The number of methoxy groups -OCH3 is 1. The second kappa shape index (κ2) is 6.95. The van der Waals surface area contributed by atoms with E-state index in [0.717, 1.165) is 43.1 Å². The summed E-state index contributed by atoms with van der Waals surface area (Å²) in [7, 11) is 1.67. The largest absolute Gasteiger partial charge is 0.497 e. The van der Waals surface area contributed by atoms with Crippen molar-refractivity contribution >= 4 is 11.6 Å². The van der Waals surface area contributed by atoms with Crippen LogP contribution in [0.1, 0.15) is 21.5 Å². The molecule has 0 saturated carbocycles. The molecule has 126 valence electrons. The van der Waals surface area contributed by atoms with Gasteiger partial charge >= 0.3 is 0 Å². The molecule has 2 aromatic carbocycles. The van der Waals surface area contributed by atoms with Crippen molar-refractivity contribution in [2.24, 2.45) is 0 Å². The maximum absolute atomic E-state index is 12.7. The fourth-order valence-electron chi connectivity index (χ4n) is 3.02. The van der Waals surface area contributed by atoms with Crippen molar-refractivity contribution in [2.45, 2.75) is 13.8 Å². The highest BCUT2D eigenvalue weighted by atomic mass is 16.5. The smallest absolute Gasteiger partial charge is 0.253 e. The Balaban J connectivity index is 1.63. The first-order valence-corrected chi connectivity index (χ1v) is 8.34. The minimum Gasteiger partial charge on any atom is -0.497 e. The average Bonchev–Trinajstić information content (AvgIpc) is 2.63. The standard InChI is InChI=1S/C20H24N2O2/c1-15-4-5-17(14-16(15)2)20(23)22-12-10-21(11-13-22)18-6-8-19(24-3)9-7-18/h4-9,14H,10-13H2,1-3H3. The lowest BCUT2D eigenvalue weighted by Gasteiger charge is -2.36. The average molecular weight is 324 g/mol. The van der Waals surface area contributed by atoms with E-state index in [9.17, 15) is 4.79 Å². The van der Waals surface area contributed by atoms with Gasteiger partial charge in [0.2, 0.25) is 0 Å². The van der Waals surface area contributed by atoms with Crippen LogP contribution in [0, 0.1) is 13.8 Å². The van der Waals surface area contributed by atoms with E-state index in [1.54, 1.807) is 7.11 Å². The van der Waals surface area contributed by atoms with Crippen molar-refractivity contribution in [2.75, 3.05) is 38.2 Å². The summed E-state index contributed by atoms with van der Waals surface area (Å²) < 4.78 is 5.20. The van der Waals surface area contributed by atoms with Gasteiger partial charge in [-0.25, -0.2) is 0 Å². The number of amides is 1. The molecule has 0 N–H and O–H groups in total. The molecule has 0 aliphatic carbocycles. The molecule has 0 aromatic heterocycles. The van der Waals surface area contributed by atoms with E-state index >= 15 is 0 Å². The predicted molar refractivity (Wildman–Crippen MR) is 97.0 cm³/mol. The van der Waals surface area contributed by atoms with Gasteiger partial charge in [-0.05, 0) is 61.4 Å². The minimum atomic E-state index is 0.132. The summed E-state index contributed by atoms with van der Waals surface area (Å²) in [6.45, 7) is 7.31. The molecule has 0 atom stereocenters. The van der Waals surface area contributed by atoms with E-state index in [-0.39, 0.29) is 5.91 Å². The van der Waals surface area contributed by atoms with Crippen molar-refractivity contribution in [3.8, 4) is 5.75 Å². The summed E-state index contributed by atoms with van der Waals surface area (Å²) in [6.07, 6.45) is 0. The van der Waals surface area contributed by atoms with Gasteiger partial charge in [-0.15, -0.1) is 0 Å². The molecule has 24 heavy (non-hydrogen) atoms. The summed E-state index contributed by atoms with van der Waals surface area (Å²) in [6, 6.07) is 14.0. The van der Waals surface area contributed by atoms with E-state index in [0.29, 0.717) is 0 Å². The quantitative estimate of drug-likeness (QED) is 0.869. The number of hydrogen-bond acceptors (Lipinski definition) is 3. The van der Waals surface area contributed by atoms with Gasteiger partial charge in [-0.3, -0.25) is 4.79 Å². The second-order valence-corrected chi connectivity index (χ2v) is 6.28. The van der Waals surface area contributed by atoms with E-state index in [4.69, 9.17) is 4.74 Å². The summed E-state index contributed by atoms with van der Waals surface area (Å²) in [5.41, 5.74) is 4.35. The number of ether oxygens (including phenoxy) is 1. The fraction of sp³-hybridized carbons (Fsp3) is 0.350. The number of carbonyl (C=O) groups is 1. The molecule has 0 radical (unpaired) electrons. The van der Waals surface area contributed by atoms with Crippen LogP contribution < -0.4 is 9.64 Å². The van der Waals surface area contributed by atoms with Crippen LogP contribution in [0.2, 0.25) is 0 Å². The summed E-state index contributed by atoms with van der Waals surface area (Å²) >= 11 is 0. The van der Waals surface area contributed by atoms with E-state index in [1.807, 2.05) is 42.2 Å². The zero-order valence-electron chi connectivity index (χ0n) is 14.6. The van der Waals surface area contributed by atoms with Crippen LogP contribution in [0.15, 0.2) is 42.5 Å². The van der Waals surface area contributed by atoms with Gasteiger partial charge in [0.15, 0.2) is 0 Å². The Labute approximate surface area is 143 Å². The topological polar surface area (TPSA) is 32.8 Å². The normalized spacial score (nSPS) is 14.6. The van der Waals surface area contributed by atoms with E-state index in [1.165, 1.54) is 11.3 Å². The van der Waals surface area contributed by atoms with Crippen molar-refractivity contribution in [1.29, 1.82) is 0 Å². The minimum absolute atomic E-state index is 0.132. The lowest BCUT2D eigenvalue weighted by molar-refractivity contribution is 0.0746. The molecule has 1 amide bonds. The molecule has 1 aliphatic heterocycles. The van der Waals surface area contributed by atoms with Crippen LogP contribution >= 0.6 is 0 Å². The van der Waals surface area contributed by atoms with E-state index < -0.39 is 0 Å². The number of aryl methyl sites for hydroxylation is 2. The Morgan fingerprint density at radius 2 is 1.58 bits per heavy atom. The number of rotatable bonds is 3. The molecule has 2 aromatic rings. The number of anilines is 1. The molecule has 0 spiro atoms. The van der Waals surface area contributed by atoms with Gasteiger partial charge in [0.25, 0.3) is 5.91 Å². The van der Waals surface area contributed by atoms with Gasteiger partial charge in [0.05, 0.1) is 7.11 Å². The SMILES string of the molecule is COc1ccc(N2CCN(C(=O)c3ccc(C)c(C)c3)CC2)cc1. The first-order valence-electron chi connectivity index (χ1n) is 8.34. The summed E-state index contributed by atoms with van der Waals surface area (Å²) in [5.74, 6) is 0.995. The van der Waals surface area contributed by atoms with Crippen molar-refractivity contribution in [3.05, 3.63) is 59.2 Å². The van der Waals surface area contributed by atoms with Crippen molar-refractivity contribution in [1.82, 2.24) is 4.90 Å². The van der Waals surface area contributed by atoms with Gasteiger partial charge in [0, 0.05) is 37.4 Å². The Hall–Kier alpha value is -2.49. The van der Waals surface area contributed by atoms with Crippen molar-refractivity contribution in [3.63, 3.8) is 0 Å². The third-order valence-electron chi connectivity index (χ3n) is 4.76. The molecule has 1 fully saturated rings. The first kappa shape index (κ1) is 16.4. The Bertz CT molecular complexity index is 717. The second-order valence-electron chi connectivity index (χ2n) is 6.28. The van der Waals surface area contributed by atoms with Gasteiger partial charge in [-0.2, -0.15) is 0 Å². The van der Waals surface area contributed by atoms with Crippen LogP contribution in [0.4, 0.5) is 5.69 Å². The maximum atomic E-state index is 12.7. The number of piperazine rings is 1. The van der Waals surface area contributed by atoms with E-state index in [2.05, 4.69) is 24.0 Å². The van der Waals surface area contributed by atoms with Gasteiger partial charge in [0.1, 0.15) is 5.75 Å². The highest BCUT2D eigenvalue weighted by molar-refractivity contribution is 5.94. The molecule has 0 unspecified atom stereocenters. The van der Waals surface area contributed by atoms with Gasteiger partial charge in [-0.1, -0.05) is 6.07 Å². The van der Waals surface area contributed by atoms with Crippen LogP contribution in [0.3, 0.4) is 0 Å². The van der Waals surface area contributed by atoms with Crippen LogP contribution in [0.5, 0.6) is 5.75 Å². The molecule has 0 bridgehead atoms. The summed E-state index contributed by atoms with van der Waals surface area (Å²) in [5, 5.41) is 0. The molecular weight excluding hydrogens is 300 g/mol. The molecule has 1 heterocycles. The molecule has 1 saturated heterocycles. The molecular formula is C20H24N2O2. The fourth-order valence-corrected chi connectivity index (χ4v) is 3.02. The molecule has 3 rings (SSSR count). The Morgan fingerprint density at radius 3 is 2.17 bits per heavy atom. The molecule has 4 nitrogen and oxygen atoms in total. The monoisotopic (exact) mass is 324 g/mol. The third kappa shape index (κ3) is 3.37. The first-order chi connectivity index (χ1) is 11.6. The lowest BCUT2D eigenvalue weighted by Crippen LogP contribution is -2.48. The lowest BCUT2D eigenvalue weighted by atomic mass is 10.1. The Kier molecular flexibility index (Phi) is 4.74. The highest BCUT2D eigenvalue weighted by Gasteiger charge is 2.22. The van der Waals surface area contributed by atoms with Crippen LogP contribution in [-0.2, 0) is 0 Å². The molecule has 1 aliphatic rings. The molecule has 4 heteroatoms. The third-order valence-corrected chi connectivity index (χ3v) is 4.76. The Morgan fingerprint density at radius 1 is 0.917 bits per heavy atom. The summed E-state index contributed by atoms with van der Waals surface area (Å²) in [4.78, 5) is 16.9. The van der Waals surface area contributed by atoms with Gasteiger partial charge < -0.3 is 14.5 Å². The highest BCUT2D eigenvalue weighted by Crippen LogP contribution is 2.21.